The Morgan fingerprint density at radius 1 is 1.31 bits per heavy atom. The summed E-state index contributed by atoms with van der Waals surface area (Å²) in [7, 11) is 0. The number of nitrogens with zero attached hydrogens (tertiary/aromatic N) is 1. The number of hydrogen-bond acceptors (Lipinski definition) is 2. The lowest BCUT2D eigenvalue weighted by Gasteiger charge is -1.95. The Morgan fingerprint density at radius 2 is 2.00 bits per heavy atom. The van der Waals surface area contributed by atoms with Crippen LogP contribution in [0.15, 0.2) is 29.1 Å². The maximum atomic E-state index is 10.8. The van der Waals surface area contributed by atoms with Crippen LogP contribution in [0.3, 0.4) is 0 Å². The van der Waals surface area contributed by atoms with Crippen LogP contribution in [-0.4, -0.2) is 15.2 Å². The fraction of sp³-hybridized carbons (Fsp3) is 0.333. The summed E-state index contributed by atoms with van der Waals surface area (Å²) in [6.45, 7) is 6.24. The van der Waals surface area contributed by atoms with Crippen LogP contribution in [0.2, 0.25) is 0 Å². The van der Waals surface area contributed by atoms with Crippen LogP contribution in [-0.2, 0) is 0 Å². The summed E-state index contributed by atoms with van der Waals surface area (Å²) in [6.07, 6.45) is 1.25. The molecule has 2 N–H and O–H groups in total. The second-order valence-corrected chi connectivity index (χ2v) is 3.60. The molecule has 0 amide bonds. The van der Waals surface area contributed by atoms with Gasteiger partial charge in [-0.1, -0.05) is 44.0 Å². The molecule has 2 aromatic rings. The first-order valence-corrected chi connectivity index (χ1v) is 5.39. The van der Waals surface area contributed by atoms with Crippen molar-refractivity contribution < 1.29 is 0 Å². The van der Waals surface area contributed by atoms with E-state index in [4.69, 9.17) is 0 Å². The molecule has 0 saturated carbocycles. The zero-order chi connectivity index (χ0) is 12.0. The molecule has 4 nitrogen and oxygen atoms in total. The summed E-state index contributed by atoms with van der Waals surface area (Å²) in [5.41, 5.74) is 1.77. The molecule has 4 heteroatoms. The molecule has 0 atom stereocenters. The number of aromatic nitrogens is 3. The fourth-order valence-electron chi connectivity index (χ4n) is 1.20. The first-order chi connectivity index (χ1) is 7.67. The monoisotopic (exact) mass is 219 g/mol. The molecule has 1 aromatic carbocycles. The molecule has 0 radical (unpaired) electrons. The van der Waals surface area contributed by atoms with Crippen molar-refractivity contribution in [3.63, 3.8) is 0 Å². The molecule has 86 valence electrons. The van der Waals surface area contributed by atoms with Crippen molar-refractivity contribution in [1.29, 1.82) is 0 Å². The van der Waals surface area contributed by atoms with Crippen molar-refractivity contribution in [2.24, 2.45) is 0 Å². The van der Waals surface area contributed by atoms with Crippen molar-refractivity contribution in [3.8, 4) is 11.4 Å². The molecule has 0 aliphatic heterocycles. The Hall–Kier alpha value is -1.84. The number of H-pyrrole nitrogens is 2. The van der Waals surface area contributed by atoms with Gasteiger partial charge in [0, 0.05) is 5.56 Å². The van der Waals surface area contributed by atoms with Crippen molar-refractivity contribution >= 4 is 0 Å². The van der Waals surface area contributed by atoms with Crippen molar-refractivity contribution in [2.75, 3.05) is 0 Å². The second-order valence-electron chi connectivity index (χ2n) is 3.60. The first kappa shape index (κ1) is 12.2. The number of nitrogens with one attached hydrogen (secondary N) is 2. The van der Waals surface area contributed by atoms with Crippen molar-refractivity contribution in [3.05, 3.63) is 40.3 Å². The lowest BCUT2D eigenvalue weighted by atomic mass is 10.1. The van der Waals surface area contributed by atoms with E-state index in [9.17, 15) is 4.79 Å². The lowest BCUT2D eigenvalue weighted by Crippen LogP contribution is -2.00. The lowest BCUT2D eigenvalue weighted by molar-refractivity contribution is 1.05. The van der Waals surface area contributed by atoms with Crippen LogP contribution in [0, 0.1) is 6.92 Å². The molecular formula is C12H17N3O. The van der Waals surface area contributed by atoms with Gasteiger partial charge in [-0.2, -0.15) is 5.10 Å². The van der Waals surface area contributed by atoms with Gasteiger partial charge < -0.3 is 0 Å². The fourth-order valence-corrected chi connectivity index (χ4v) is 1.20. The van der Waals surface area contributed by atoms with Crippen LogP contribution in [0.1, 0.15) is 25.8 Å². The summed E-state index contributed by atoms with van der Waals surface area (Å²) in [5, 5.41) is 6.16. The largest absolute Gasteiger partial charge is 0.340 e. The summed E-state index contributed by atoms with van der Waals surface area (Å²) < 4.78 is 0. The number of benzene rings is 1. The molecular weight excluding hydrogens is 202 g/mol. The molecule has 0 spiro atoms. The summed E-state index contributed by atoms with van der Waals surface area (Å²) >= 11 is 0. The molecule has 0 bridgehead atoms. The molecule has 0 aliphatic rings. The van der Waals surface area contributed by atoms with Crippen molar-refractivity contribution in [1.82, 2.24) is 15.2 Å². The van der Waals surface area contributed by atoms with Gasteiger partial charge in [0.05, 0.1) is 0 Å². The van der Waals surface area contributed by atoms with Gasteiger partial charge in [-0.05, 0) is 13.0 Å². The van der Waals surface area contributed by atoms with E-state index in [1.807, 2.05) is 31.2 Å². The highest BCUT2D eigenvalue weighted by atomic mass is 16.1. The number of aromatic amines is 2. The third-order valence-corrected chi connectivity index (χ3v) is 1.79. The normalized spacial score (nSPS) is 9.44. The van der Waals surface area contributed by atoms with Crippen molar-refractivity contribution in [2.45, 2.75) is 27.2 Å². The maximum Gasteiger partial charge on any atom is 0.340 e. The highest BCUT2D eigenvalue weighted by molar-refractivity contribution is 5.54. The first-order valence-electron chi connectivity index (χ1n) is 5.39. The quantitative estimate of drug-likeness (QED) is 0.774. The summed E-state index contributed by atoms with van der Waals surface area (Å²) in [6, 6.07) is 7.79. The van der Waals surface area contributed by atoms with Crippen LogP contribution < -0.4 is 5.69 Å². The Labute approximate surface area is 94.7 Å². The SMILES string of the molecule is CCC.Cc1cccc(-c2n[nH]c(=O)[nH]2)c1. The Kier molecular flexibility index (Phi) is 4.51. The maximum absolute atomic E-state index is 10.8. The van der Waals surface area contributed by atoms with E-state index in [0.717, 1.165) is 11.1 Å². The van der Waals surface area contributed by atoms with E-state index in [0.29, 0.717) is 5.82 Å². The van der Waals surface area contributed by atoms with E-state index in [2.05, 4.69) is 29.0 Å². The minimum absolute atomic E-state index is 0.281. The van der Waals surface area contributed by atoms with E-state index in [-0.39, 0.29) is 5.69 Å². The van der Waals surface area contributed by atoms with E-state index < -0.39 is 0 Å². The molecule has 1 heterocycles. The Balaban J connectivity index is 0.000000386. The van der Waals surface area contributed by atoms with Gasteiger partial charge >= 0.3 is 5.69 Å². The van der Waals surface area contributed by atoms with Gasteiger partial charge in [-0.3, -0.25) is 4.98 Å². The Morgan fingerprint density at radius 3 is 2.50 bits per heavy atom. The third-order valence-electron chi connectivity index (χ3n) is 1.79. The zero-order valence-corrected chi connectivity index (χ0v) is 9.87. The van der Waals surface area contributed by atoms with E-state index >= 15 is 0 Å². The van der Waals surface area contributed by atoms with Gasteiger partial charge in [-0.25, -0.2) is 9.89 Å². The van der Waals surface area contributed by atoms with Gasteiger partial charge in [0.2, 0.25) is 0 Å². The smallest absolute Gasteiger partial charge is 0.289 e. The molecule has 0 unspecified atom stereocenters. The second kappa shape index (κ2) is 5.90. The van der Waals surface area contributed by atoms with Crippen LogP contribution in [0.4, 0.5) is 0 Å². The van der Waals surface area contributed by atoms with E-state index in [1.54, 1.807) is 0 Å². The molecule has 0 fully saturated rings. The molecule has 0 aliphatic carbocycles. The van der Waals surface area contributed by atoms with Gasteiger partial charge in [0.15, 0.2) is 5.82 Å². The zero-order valence-electron chi connectivity index (χ0n) is 9.87. The summed E-state index contributed by atoms with van der Waals surface area (Å²) in [5.74, 6) is 0.578. The van der Waals surface area contributed by atoms with E-state index in [1.165, 1.54) is 6.42 Å². The topological polar surface area (TPSA) is 61.5 Å². The minimum atomic E-state index is -0.281. The van der Waals surface area contributed by atoms with Crippen LogP contribution in [0.5, 0.6) is 0 Å². The predicted octanol–water partition coefficient (Wildman–Crippen LogP) is 2.49. The molecule has 16 heavy (non-hydrogen) atoms. The van der Waals surface area contributed by atoms with Gasteiger partial charge in [0.1, 0.15) is 0 Å². The molecule has 0 saturated heterocycles. The average molecular weight is 219 g/mol. The highest BCUT2D eigenvalue weighted by Gasteiger charge is 2.00. The standard InChI is InChI=1S/C9H9N3O.C3H8/c1-6-3-2-4-7(5-6)8-10-9(13)12-11-8;1-3-2/h2-5H,1H3,(H2,10,11,12,13);3H2,1-2H3. The predicted molar refractivity (Wildman–Crippen MR) is 65.3 cm³/mol. The van der Waals surface area contributed by atoms with Gasteiger partial charge in [-0.15, -0.1) is 0 Å². The molecule has 1 aromatic heterocycles. The average Bonchev–Trinajstić information content (AvgIpc) is 2.66. The summed E-state index contributed by atoms with van der Waals surface area (Å²) in [4.78, 5) is 13.4. The highest BCUT2D eigenvalue weighted by Crippen LogP contribution is 2.13. The molecule has 2 rings (SSSR count). The Bertz CT molecular complexity index is 485. The number of aryl methyl sites for hydroxylation is 1. The van der Waals surface area contributed by atoms with Crippen LogP contribution >= 0.6 is 0 Å². The number of rotatable bonds is 1. The van der Waals surface area contributed by atoms with Gasteiger partial charge in [0.25, 0.3) is 0 Å². The minimum Gasteiger partial charge on any atom is -0.289 e. The third kappa shape index (κ3) is 3.38. The van der Waals surface area contributed by atoms with Crippen LogP contribution in [0.25, 0.3) is 11.4 Å². The number of hydrogen-bond donors (Lipinski definition) is 2.